The van der Waals surface area contributed by atoms with Crippen LogP contribution in [0.5, 0.6) is 57.5 Å². The average Bonchev–Trinajstić information content (AvgIpc) is 1.63. The number of amides is 4. The van der Waals surface area contributed by atoms with E-state index in [2.05, 4.69) is 48.1 Å². The summed E-state index contributed by atoms with van der Waals surface area (Å²) >= 11 is 0. The Kier molecular flexibility index (Phi) is 53.3. The molecule has 31 nitrogen and oxygen atoms in total. The highest BCUT2D eigenvalue weighted by Crippen LogP contribution is 2.46. The van der Waals surface area contributed by atoms with E-state index < -0.39 is 47.5 Å². The number of methoxy groups -OCH3 is 7. The Balaban J connectivity index is 0.000000242. The Hall–Kier alpha value is -12.7. The van der Waals surface area contributed by atoms with Crippen LogP contribution in [0.25, 0.3) is 0 Å². The zero-order chi connectivity index (χ0) is 105. The number of unbranched alkanes of at least 4 members (excludes halogenated alkanes) is 4. The predicted octanol–water partition coefficient (Wildman–Crippen LogP) is 16.6. The molecule has 0 bridgehead atoms. The fourth-order valence-corrected chi connectivity index (χ4v) is 19.2. The standard InChI is InChI=1S/C27H34N2O7.C23H37N3O4.C22H34N2O4.C20H30N2O4.3C7H8O/c1-3-4-12-28-25(30)16-29-15-19(18-9-10-23-24(14-18)36-17-35-23)26(27(31)32)20(29)11-13-34-22-8-6-5-7-21(22)33-2;1-4-6-13-25(14-7-12-24)21(27)16-26-15-19(22(23(28)29)20(26)5-2)17-8-10-18(30-3)11-9-17;1-5-8-13-23(7-3)20(25)15-24-14-18(21(22(26)27)19(24)6-2)16-9-11-17(28-4)12-10-16;1-4-6-11-21-18(23)13-22-12-16(19(20(24)25)17(22)5-2)14-7-9-15(26-3)10-8-14;3*1-8-7-5-3-2-4-6-7/h5-10,14,19-20,26H,3-4,11-13,15-17H2,1-2H3,(H,28,30)(H,31,32);8-11,19-20,22H,4-7,12-16,24H2,1-3H3,(H,28,29);9-12,18-19,21H,5-8,13-15H2,1-4H3,(H,26,27);7-10,16-17,19H,4-6,11-13H2,1-3H3,(H,21,23)(H,24,25);3*2-6H,1H3/t19-,20+,26-;19-,20+,22-;18-,19+,21-;16-,17+,19-;;;/m1111.../s1. The van der Waals surface area contributed by atoms with Crippen LogP contribution >= 0.6 is 0 Å². The minimum absolute atomic E-state index is 0.0311. The van der Waals surface area contributed by atoms with Crippen molar-refractivity contribution >= 4 is 47.5 Å². The number of carboxylic acids is 4. The zero-order valence-electron chi connectivity index (χ0n) is 87.2. The lowest BCUT2D eigenvalue weighted by molar-refractivity contribution is -0.144. The van der Waals surface area contributed by atoms with Gasteiger partial charge in [-0.15, -0.1) is 0 Å². The number of aliphatic carboxylic acids is 4. The third-order valence-electron chi connectivity index (χ3n) is 26.9. The van der Waals surface area contributed by atoms with Gasteiger partial charge < -0.3 is 94.0 Å². The molecule has 0 unspecified atom stereocenters. The third-order valence-corrected chi connectivity index (χ3v) is 26.9. The van der Waals surface area contributed by atoms with Crippen molar-refractivity contribution < 1.29 is 106 Å². The molecule has 8 aromatic rings. The lowest BCUT2D eigenvalue weighted by Crippen LogP contribution is -2.44. The van der Waals surface area contributed by atoms with Crippen LogP contribution < -0.4 is 63.7 Å². The van der Waals surface area contributed by atoms with Crippen molar-refractivity contribution in [1.82, 2.24) is 40.0 Å². The molecule has 13 rings (SSSR count). The second kappa shape index (κ2) is 64.9. The first kappa shape index (κ1) is 118. The molecule has 788 valence electrons. The summed E-state index contributed by atoms with van der Waals surface area (Å²) in [5.41, 5.74) is 9.44. The number of para-hydroxylation sites is 5. The molecule has 144 heavy (non-hydrogen) atoms. The van der Waals surface area contributed by atoms with Gasteiger partial charge in [-0.2, -0.15) is 0 Å². The summed E-state index contributed by atoms with van der Waals surface area (Å²) in [6, 6.07) is 63.9. The van der Waals surface area contributed by atoms with Crippen molar-refractivity contribution in [1.29, 1.82) is 0 Å². The Morgan fingerprint density at radius 3 is 1.01 bits per heavy atom. The van der Waals surface area contributed by atoms with Crippen LogP contribution in [0.3, 0.4) is 0 Å². The summed E-state index contributed by atoms with van der Waals surface area (Å²) in [5, 5.41) is 45.9. The van der Waals surface area contributed by atoms with Crippen LogP contribution in [0.4, 0.5) is 0 Å². The summed E-state index contributed by atoms with van der Waals surface area (Å²) in [4.78, 5) is 111. The Morgan fingerprint density at radius 1 is 0.354 bits per heavy atom. The number of ether oxygens (including phenoxy) is 10. The number of rotatable bonds is 46. The zero-order valence-corrected chi connectivity index (χ0v) is 87.2. The topological polar surface area (TPSA) is 379 Å². The van der Waals surface area contributed by atoms with E-state index in [1.807, 2.05) is 254 Å². The summed E-state index contributed by atoms with van der Waals surface area (Å²) in [7, 11) is 11.4. The van der Waals surface area contributed by atoms with Gasteiger partial charge in [-0.1, -0.05) is 183 Å². The summed E-state index contributed by atoms with van der Waals surface area (Å²) in [5.74, 6) is 1.18. The highest BCUT2D eigenvalue weighted by atomic mass is 16.7. The number of fused-ring (bicyclic) bond motifs is 1. The number of hydrogen-bond donors (Lipinski definition) is 7. The lowest BCUT2D eigenvalue weighted by atomic mass is 9.84. The highest BCUT2D eigenvalue weighted by Gasteiger charge is 2.51. The van der Waals surface area contributed by atoms with Gasteiger partial charge >= 0.3 is 23.9 Å². The molecule has 4 fully saturated rings. The number of hydrogen-bond acceptors (Lipinski definition) is 23. The van der Waals surface area contributed by atoms with Crippen LogP contribution in [-0.4, -0.2) is 283 Å². The number of nitrogens with two attached hydrogens (primary N) is 1. The second-order valence-electron chi connectivity index (χ2n) is 36.0. The molecule has 4 saturated heterocycles. The number of likely N-dealkylation sites (N-methyl/N-ethyl adjacent to an activating group) is 1. The van der Waals surface area contributed by atoms with Gasteiger partial charge in [0, 0.05) is 113 Å². The number of benzene rings is 8. The lowest BCUT2D eigenvalue weighted by Gasteiger charge is -2.29. The molecule has 4 amide bonds. The molecule has 0 radical (unpaired) electrons. The molecular weight excluding hydrogens is 1840 g/mol. The molecule has 8 aromatic carbocycles. The average molecular weight is 2000 g/mol. The monoisotopic (exact) mass is 1990 g/mol. The van der Waals surface area contributed by atoms with E-state index in [9.17, 15) is 58.8 Å². The van der Waals surface area contributed by atoms with Crippen LogP contribution in [0.15, 0.2) is 206 Å². The van der Waals surface area contributed by atoms with E-state index in [4.69, 9.17) is 53.1 Å². The Labute approximate surface area is 852 Å². The molecule has 5 aliphatic heterocycles. The fourth-order valence-electron chi connectivity index (χ4n) is 19.2. The molecular formula is C113H159N9O22. The molecule has 5 aliphatic rings. The predicted molar refractivity (Wildman–Crippen MR) is 560 cm³/mol. The maximum absolute atomic E-state index is 13.1. The van der Waals surface area contributed by atoms with Gasteiger partial charge in [0.05, 0.1) is 106 Å². The van der Waals surface area contributed by atoms with E-state index in [-0.39, 0.29) is 111 Å². The number of carbonyl (C=O) groups is 8. The molecule has 31 heteroatoms. The van der Waals surface area contributed by atoms with Gasteiger partial charge in [-0.3, -0.25) is 58.0 Å². The summed E-state index contributed by atoms with van der Waals surface area (Å²) in [6.07, 6.45) is 11.2. The molecule has 0 saturated carbocycles. The number of likely N-dealkylation sites (tertiary alicyclic amines) is 4. The van der Waals surface area contributed by atoms with Crippen molar-refractivity contribution in [2.75, 3.05) is 161 Å². The SMILES string of the molecule is CCCCN(CC)C(=O)CN1C[C@H](c2ccc(OC)cc2)[C@@H](C(=O)O)[C@@H]1CC.CCCCN(CCCN)C(=O)CN1C[C@H](c2ccc(OC)cc2)[C@@H](C(=O)O)[C@@H]1CC.CCCCNC(=O)CN1C[C@H](c2ccc(OC)cc2)[C@@H](C(=O)O)[C@@H]1CC.CCCCNC(=O)CN1C[C@H](c2ccc3c(c2)OCO3)[C@@H](C(=O)O)[C@@H]1CCOc1ccccc1OC.COc1ccccc1.COc1ccccc1.COc1ccccc1. The normalized spacial score (nSPS) is 19.6. The number of carboxylic acid groups (broad SMARTS) is 4. The minimum atomic E-state index is -0.895. The van der Waals surface area contributed by atoms with E-state index in [1.54, 1.807) is 49.8 Å². The molecule has 0 spiro atoms. The second-order valence-corrected chi connectivity index (χ2v) is 36.0. The molecule has 0 aliphatic carbocycles. The fraction of sp³-hybridized carbons (Fsp3) is 0.504. The van der Waals surface area contributed by atoms with Gasteiger partial charge in [0.15, 0.2) is 23.0 Å². The van der Waals surface area contributed by atoms with E-state index in [0.717, 1.165) is 128 Å². The smallest absolute Gasteiger partial charge is 0.308 e. The van der Waals surface area contributed by atoms with Crippen molar-refractivity contribution in [2.45, 2.75) is 187 Å². The quantitative estimate of drug-likeness (QED) is 0.0174. The maximum Gasteiger partial charge on any atom is 0.308 e. The van der Waals surface area contributed by atoms with E-state index in [0.29, 0.717) is 108 Å². The number of carbonyl (C=O) groups excluding carboxylic acids is 4. The van der Waals surface area contributed by atoms with Crippen molar-refractivity contribution in [3.05, 3.63) is 229 Å². The van der Waals surface area contributed by atoms with Crippen molar-refractivity contribution in [3.8, 4) is 57.5 Å². The third kappa shape index (κ3) is 36.6. The highest BCUT2D eigenvalue weighted by molar-refractivity contribution is 5.82. The molecule has 12 atom stereocenters. The van der Waals surface area contributed by atoms with Crippen LogP contribution in [0, 0.1) is 23.7 Å². The van der Waals surface area contributed by atoms with E-state index >= 15 is 0 Å². The first-order valence-electron chi connectivity index (χ1n) is 50.8. The Morgan fingerprint density at radius 2 is 0.667 bits per heavy atom. The molecule has 0 aromatic heterocycles. The van der Waals surface area contributed by atoms with Crippen molar-refractivity contribution in [2.24, 2.45) is 29.4 Å². The number of nitrogens with zero attached hydrogens (tertiary/aromatic N) is 6. The van der Waals surface area contributed by atoms with Gasteiger partial charge in [-0.25, -0.2) is 0 Å². The maximum atomic E-state index is 13.1. The van der Waals surface area contributed by atoms with Crippen LogP contribution in [-0.2, 0) is 38.4 Å². The first-order valence-corrected chi connectivity index (χ1v) is 50.8. The van der Waals surface area contributed by atoms with Crippen molar-refractivity contribution in [3.63, 3.8) is 0 Å². The van der Waals surface area contributed by atoms with Gasteiger partial charge in [0.1, 0.15) is 34.5 Å². The molecule has 8 N–H and O–H groups in total. The van der Waals surface area contributed by atoms with E-state index in [1.165, 1.54) is 0 Å². The summed E-state index contributed by atoms with van der Waals surface area (Å²) in [6.45, 7) is 24.5. The van der Waals surface area contributed by atoms with Gasteiger partial charge in [0.25, 0.3) is 0 Å². The number of nitrogens with one attached hydrogen (secondary N) is 2. The minimum Gasteiger partial charge on any atom is -0.497 e. The Bertz CT molecular complexity index is 4950. The van der Waals surface area contributed by atoms with Gasteiger partial charge in [-0.05, 0) is 191 Å². The van der Waals surface area contributed by atoms with Crippen LogP contribution in [0.1, 0.15) is 185 Å². The molecule has 5 heterocycles. The summed E-state index contributed by atoms with van der Waals surface area (Å²) < 4.78 is 52.6. The van der Waals surface area contributed by atoms with Gasteiger partial charge in [0.2, 0.25) is 30.4 Å². The van der Waals surface area contributed by atoms with Crippen LogP contribution in [0.2, 0.25) is 0 Å². The first-order chi connectivity index (χ1) is 69.7. The largest absolute Gasteiger partial charge is 0.497 e.